The first kappa shape index (κ1) is 21.6. The highest BCUT2D eigenvalue weighted by Crippen LogP contribution is 2.39. The number of thioether (sulfide) groups is 1. The number of amides is 2. The third kappa shape index (κ3) is 4.61. The number of piperazine rings is 1. The molecular weight excluding hydrogens is 441 g/mol. The molecule has 1 aromatic heterocycles. The molecule has 0 radical (unpaired) electrons. The summed E-state index contributed by atoms with van der Waals surface area (Å²) in [6, 6.07) is 17.7. The SMILES string of the molecule is O=C(c1ccc([C@@H]2SCC(=O)N2Cc2ccco2)cc1)N1CCN(c2ccc(F)cc2)CC1. The molecule has 2 fully saturated rings. The molecule has 0 unspecified atom stereocenters. The lowest BCUT2D eigenvalue weighted by molar-refractivity contribution is -0.128. The number of hydrogen-bond donors (Lipinski definition) is 0. The predicted molar refractivity (Wildman–Crippen MR) is 125 cm³/mol. The summed E-state index contributed by atoms with van der Waals surface area (Å²) in [7, 11) is 0. The normalized spacial score (nSPS) is 18.8. The Hall–Kier alpha value is -3.26. The van der Waals surface area contributed by atoms with Crippen LogP contribution >= 0.6 is 11.8 Å². The van der Waals surface area contributed by atoms with E-state index in [-0.39, 0.29) is 23.0 Å². The van der Waals surface area contributed by atoms with Crippen LogP contribution in [0.5, 0.6) is 0 Å². The van der Waals surface area contributed by atoms with Crippen molar-refractivity contribution in [2.45, 2.75) is 11.9 Å². The standard InChI is InChI=1S/C25H24FN3O3S/c26-20-7-9-21(10-8-20)27-11-13-28(14-12-27)24(31)18-3-5-19(6-4-18)25-29(23(30)17-33-25)16-22-2-1-15-32-22/h1-10,15,25H,11-14,16-17H2/t25-/m0/s1. The second kappa shape index (κ2) is 9.31. The Bertz CT molecular complexity index is 1110. The number of rotatable bonds is 5. The van der Waals surface area contributed by atoms with Gasteiger partial charge in [-0.05, 0) is 54.1 Å². The molecule has 8 heteroatoms. The van der Waals surface area contributed by atoms with Crippen molar-refractivity contribution in [1.29, 1.82) is 0 Å². The van der Waals surface area contributed by atoms with Gasteiger partial charge < -0.3 is 19.1 Å². The Morgan fingerprint density at radius 3 is 2.39 bits per heavy atom. The second-order valence-electron chi connectivity index (χ2n) is 8.14. The van der Waals surface area contributed by atoms with Crippen LogP contribution < -0.4 is 4.90 Å². The number of anilines is 1. The fourth-order valence-electron chi connectivity index (χ4n) is 4.26. The van der Waals surface area contributed by atoms with Gasteiger partial charge in [-0.1, -0.05) is 12.1 Å². The van der Waals surface area contributed by atoms with Crippen molar-refractivity contribution < 1.29 is 18.4 Å². The van der Waals surface area contributed by atoms with Crippen molar-refractivity contribution in [3.63, 3.8) is 0 Å². The number of carbonyl (C=O) groups is 2. The average Bonchev–Trinajstić information content (AvgIpc) is 3.50. The molecule has 3 heterocycles. The number of furan rings is 1. The lowest BCUT2D eigenvalue weighted by atomic mass is 10.1. The van der Waals surface area contributed by atoms with E-state index in [1.165, 1.54) is 12.1 Å². The number of carbonyl (C=O) groups excluding carboxylic acids is 2. The van der Waals surface area contributed by atoms with E-state index in [0.29, 0.717) is 44.0 Å². The highest BCUT2D eigenvalue weighted by molar-refractivity contribution is 8.00. The summed E-state index contributed by atoms with van der Waals surface area (Å²) in [4.78, 5) is 31.2. The molecule has 33 heavy (non-hydrogen) atoms. The average molecular weight is 466 g/mol. The van der Waals surface area contributed by atoms with E-state index in [9.17, 15) is 14.0 Å². The monoisotopic (exact) mass is 465 g/mol. The van der Waals surface area contributed by atoms with Crippen LogP contribution in [0.15, 0.2) is 71.3 Å². The van der Waals surface area contributed by atoms with Gasteiger partial charge in [-0.25, -0.2) is 4.39 Å². The molecule has 1 atom stereocenters. The Labute approximate surface area is 196 Å². The maximum Gasteiger partial charge on any atom is 0.253 e. The van der Waals surface area contributed by atoms with Crippen molar-refractivity contribution in [2.24, 2.45) is 0 Å². The van der Waals surface area contributed by atoms with Crippen LogP contribution in [0.1, 0.15) is 27.1 Å². The molecule has 2 aromatic carbocycles. The van der Waals surface area contributed by atoms with Gasteiger partial charge in [0.05, 0.1) is 18.6 Å². The van der Waals surface area contributed by atoms with Crippen LogP contribution in [-0.2, 0) is 11.3 Å². The number of halogens is 1. The summed E-state index contributed by atoms with van der Waals surface area (Å²) in [5.74, 6) is 1.02. The Kier molecular flexibility index (Phi) is 6.09. The summed E-state index contributed by atoms with van der Waals surface area (Å²) < 4.78 is 18.6. The van der Waals surface area contributed by atoms with Gasteiger partial charge in [-0.15, -0.1) is 11.8 Å². The molecular formula is C25H24FN3O3S. The minimum absolute atomic E-state index is 0.00268. The first-order valence-electron chi connectivity index (χ1n) is 10.9. The van der Waals surface area contributed by atoms with Crippen LogP contribution in [0, 0.1) is 5.82 Å². The Morgan fingerprint density at radius 1 is 1.00 bits per heavy atom. The summed E-state index contributed by atoms with van der Waals surface area (Å²) in [6.45, 7) is 3.07. The van der Waals surface area contributed by atoms with E-state index in [4.69, 9.17) is 4.42 Å². The van der Waals surface area contributed by atoms with E-state index < -0.39 is 0 Å². The summed E-state index contributed by atoms with van der Waals surface area (Å²) in [5.41, 5.74) is 2.60. The van der Waals surface area contributed by atoms with E-state index in [0.717, 1.165) is 17.0 Å². The van der Waals surface area contributed by atoms with E-state index in [1.807, 2.05) is 46.2 Å². The van der Waals surface area contributed by atoms with E-state index >= 15 is 0 Å². The van der Waals surface area contributed by atoms with Crippen LogP contribution in [0.3, 0.4) is 0 Å². The molecule has 2 aliphatic rings. The minimum Gasteiger partial charge on any atom is -0.467 e. The molecule has 5 rings (SSSR count). The largest absolute Gasteiger partial charge is 0.467 e. The van der Waals surface area contributed by atoms with Crippen LogP contribution in [-0.4, -0.2) is 53.5 Å². The third-order valence-corrected chi connectivity index (χ3v) is 7.33. The van der Waals surface area contributed by atoms with E-state index in [2.05, 4.69) is 4.90 Å². The fraction of sp³-hybridized carbons (Fsp3) is 0.280. The lowest BCUT2D eigenvalue weighted by Gasteiger charge is -2.36. The van der Waals surface area contributed by atoms with Gasteiger partial charge in [-0.2, -0.15) is 0 Å². The summed E-state index contributed by atoms with van der Waals surface area (Å²) >= 11 is 1.59. The van der Waals surface area contributed by atoms with Gasteiger partial charge in [0, 0.05) is 37.4 Å². The third-order valence-electron chi connectivity index (χ3n) is 6.08. The van der Waals surface area contributed by atoms with E-state index in [1.54, 1.807) is 30.2 Å². The van der Waals surface area contributed by atoms with Gasteiger partial charge in [0.1, 0.15) is 17.0 Å². The molecule has 2 amide bonds. The zero-order chi connectivity index (χ0) is 22.8. The second-order valence-corrected chi connectivity index (χ2v) is 9.21. The molecule has 2 saturated heterocycles. The first-order valence-corrected chi connectivity index (χ1v) is 12.0. The number of nitrogens with zero attached hydrogens (tertiary/aromatic N) is 3. The first-order chi connectivity index (χ1) is 16.1. The van der Waals surface area contributed by atoms with Crippen molar-refractivity contribution in [3.05, 3.63) is 89.6 Å². The quantitative estimate of drug-likeness (QED) is 0.567. The smallest absolute Gasteiger partial charge is 0.253 e. The lowest BCUT2D eigenvalue weighted by Crippen LogP contribution is -2.48. The number of benzene rings is 2. The molecule has 0 saturated carbocycles. The molecule has 0 bridgehead atoms. The van der Waals surface area contributed by atoms with Gasteiger partial charge >= 0.3 is 0 Å². The molecule has 0 aliphatic carbocycles. The van der Waals surface area contributed by atoms with Crippen LogP contribution in [0.4, 0.5) is 10.1 Å². The number of hydrogen-bond acceptors (Lipinski definition) is 5. The molecule has 0 N–H and O–H groups in total. The highest BCUT2D eigenvalue weighted by atomic mass is 32.2. The summed E-state index contributed by atoms with van der Waals surface area (Å²) in [6.07, 6.45) is 1.61. The zero-order valence-corrected chi connectivity index (χ0v) is 18.8. The van der Waals surface area contributed by atoms with Crippen molar-refractivity contribution in [2.75, 3.05) is 36.8 Å². The van der Waals surface area contributed by atoms with Crippen molar-refractivity contribution in [3.8, 4) is 0 Å². The van der Waals surface area contributed by atoms with Gasteiger partial charge in [0.25, 0.3) is 5.91 Å². The molecule has 2 aliphatic heterocycles. The molecule has 0 spiro atoms. The van der Waals surface area contributed by atoms with Gasteiger partial charge in [0.2, 0.25) is 5.91 Å². The topological polar surface area (TPSA) is 57.0 Å². The van der Waals surface area contributed by atoms with Crippen LogP contribution in [0.25, 0.3) is 0 Å². The van der Waals surface area contributed by atoms with Crippen molar-refractivity contribution in [1.82, 2.24) is 9.80 Å². The Balaban J connectivity index is 1.22. The maximum atomic E-state index is 13.2. The Morgan fingerprint density at radius 2 is 1.73 bits per heavy atom. The zero-order valence-electron chi connectivity index (χ0n) is 18.0. The highest BCUT2D eigenvalue weighted by Gasteiger charge is 2.33. The molecule has 3 aromatic rings. The van der Waals surface area contributed by atoms with Gasteiger partial charge in [0.15, 0.2) is 0 Å². The van der Waals surface area contributed by atoms with Crippen molar-refractivity contribution >= 4 is 29.3 Å². The van der Waals surface area contributed by atoms with Gasteiger partial charge in [-0.3, -0.25) is 9.59 Å². The minimum atomic E-state index is -0.250. The molecule has 170 valence electrons. The molecule has 6 nitrogen and oxygen atoms in total. The predicted octanol–water partition coefficient (Wildman–Crippen LogP) is 4.16. The summed E-state index contributed by atoms with van der Waals surface area (Å²) in [5, 5.41) is -0.0917. The maximum absolute atomic E-state index is 13.2. The fourth-order valence-corrected chi connectivity index (χ4v) is 5.45. The van der Waals surface area contributed by atoms with Crippen LogP contribution in [0.2, 0.25) is 0 Å².